The zero-order chi connectivity index (χ0) is 21.8. The lowest BCUT2D eigenvalue weighted by molar-refractivity contribution is 0.598. The number of rotatable bonds is 4. The summed E-state index contributed by atoms with van der Waals surface area (Å²) < 4.78 is 23.6. The van der Waals surface area contributed by atoms with Gasteiger partial charge in [-0.05, 0) is 52.9 Å². The van der Waals surface area contributed by atoms with E-state index in [1.807, 2.05) is 24.3 Å². The van der Waals surface area contributed by atoms with Crippen molar-refractivity contribution in [3.8, 4) is 22.4 Å². The number of aromatic amines is 2. The molecule has 8 heteroatoms. The second-order valence-electron chi connectivity index (χ2n) is 7.89. The van der Waals surface area contributed by atoms with Crippen molar-refractivity contribution in [3.63, 3.8) is 0 Å². The molecule has 0 saturated carbocycles. The summed E-state index contributed by atoms with van der Waals surface area (Å²) in [7, 11) is -3.77. The Kier molecular flexibility index (Phi) is 4.42. The summed E-state index contributed by atoms with van der Waals surface area (Å²) in [5.41, 5.74) is 6.74. The fourth-order valence-electron chi connectivity index (χ4n) is 4.13. The number of aromatic nitrogens is 4. The van der Waals surface area contributed by atoms with Gasteiger partial charge in [-0.3, -0.25) is 5.10 Å². The van der Waals surface area contributed by atoms with Crippen molar-refractivity contribution in [2.45, 2.75) is 24.7 Å². The number of hydrogen-bond donors (Lipinski definition) is 3. The number of nitrogens with two attached hydrogens (primary N) is 1. The first-order valence-corrected chi connectivity index (χ1v) is 11.4. The van der Waals surface area contributed by atoms with Crippen LogP contribution in [0.3, 0.4) is 0 Å². The number of primary sulfonamides is 1. The maximum absolute atomic E-state index is 11.8. The molecule has 7 nitrogen and oxygen atoms in total. The molecule has 0 bridgehead atoms. The predicted molar refractivity (Wildman–Crippen MR) is 122 cm³/mol. The molecule has 31 heavy (non-hydrogen) atoms. The topological polar surface area (TPSA) is 118 Å². The maximum Gasteiger partial charge on any atom is 0.238 e. The van der Waals surface area contributed by atoms with Gasteiger partial charge in [0.1, 0.15) is 0 Å². The first-order chi connectivity index (χ1) is 14.8. The molecule has 5 rings (SSSR count). The number of nitrogens with zero attached hydrogens (tertiary/aromatic N) is 2. The van der Waals surface area contributed by atoms with Gasteiger partial charge in [0.15, 0.2) is 5.65 Å². The Hall–Kier alpha value is -3.49. The minimum Gasteiger partial charge on any atom is -0.354 e. The molecule has 156 valence electrons. The van der Waals surface area contributed by atoms with Crippen LogP contribution in [0.5, 0.6) is 0 Å². The number of nitrogens with one attached hydrogen (secondary N) is 2. The quantitative estimate of drug-likeness (QED) is 0.387. The monoisotopic (exact) mass is 431 g/mol. The molecule has 0 saturated heterocycles. The second kappa shape index (κ2) is 7.04. The van der Waals surface area contributed by atoms with Crippen LogP contribution in [-0.4, -0.2) is 28.6 Å². The molecule has 4 N–H and O–H groups in total. The van der Waals surface area contributed by atoms with Gasteiger partial charge in [0.25, 0.3) is 0 Å². The highest BCUT2D eigenvalue weighted by Crippen LogP contribution is 2.39. The standard InChI is InChI=1S/C23H21N5O2S/c1-13(2)21-18-11-15(14-4-3-5-16(10-14)31(24,29)30)6-7-20(18)27-22(21)17-8-9-25-23-19(17)12-26-28-23/h3-13,27H,1-2H3,(H2,24,29,30)(H,25,26,28). The minimum atomic E-state index is -3.77. The Bertz CT molecular complexity index is 1550. The molecule has 0 spiro atoms. The average molecular weight is 432 g/mol. The summed E-state index contributed by atoms with van der Waals surface area (Å²) in [6, 6.07) is 14.8. The Balaban J connectivity index is 1.74. The largest absolute Gasteiger partial charge is 0.354 e. The van der Waals surface area contributed by atoms with E-state index in [1.165, 1.54) is 11.6 Å². The summed E-state index contributed by atoms with van der Waals surface area (Å²) in [5.74, 6) is 0.255. The molecule has 0 aliphatic rings. The van der Waals surface area contributed by atoms with E-state index in [-0.39, 0.29) is 10.8 Å². The average Bonchev–Trinajstić information content (AvgIpc) is 3.37. The van der Waals surface area contributed by atoms with Crippen molar-refractivity contribution in [2.75, 3.05) is 0 Å². The van der Waals surface area contributed by atoms with E-state index in [9.17, 15) is 8.42 Å². The second-order valence-corrected chi connectivity index (χ2v) is 9.45. The highest BCUT2D eigenvalue weighted by Gasteiger charge is 2.19. The number of benzene rings is 2. The zero-order valence-electron chi connectivity index (χ0n) is 17.0. The Labute approximate surface area is 179 Å². The molecule has 0 aliphatic carbocycles. The van der Waals surface area contributed by atoms with Gasteiger partial charge in [0.2, 0.25) is 10.0 Å². The molecule has 0 atom stereocenters. The van der Waals surface area contributed by atoms with E-state index < -0.39 is 10.0 Å². The van der Waals surface area contributed by atoms with Crippen molar-refractivity contribution in [3.05, 3.63) is 66.5 Å². The van der Waals surface area contributed by atoms with E-state index in [4.69, 9.17) is 5.14 Å². The molecule has 0 amide bonds. The van der Waals surface area contributed by atoms with Crippen molar-refractivity contribution < 1.29 is 8.42 Å². The third-order valence-corrected chi connectivity index (χ3v) is 6.45. The van der Waals surface area contributed by atoms with E-state index in [0.29, 0.717) is 0 Å². The first kappa shape index (κ1) is 19.5. The van der Waals surface area contributed by atoms with E-state index in [2.05, 4.69) is 40.1 Å². The third-order valence-electron chi connectivity index (χ3n) is 5.54. The van der Waals surface area contributed by atoms with Crippen LogP contribution in [0.4, 0.5) is 0 Å². The lowest BCUT2D eigenvalue weighted by atomic mass is 9.94. The van der Waals surface area contributed by atoms with Crippen LogP contribution < -0.4 is 5.14 Å². The Morgan fingerprint density at radius 1 is 1.00 bits per heavy atom. The first-order valence-electron chi connectivity index (χ1n) is 9.90. The lowest BCUT2D eigenvalue weighted by Crippen LogP contribution is -2.11. The SMILES string of the molecule is CC(C)c1c(-c2ccnc3[nH]ncc23)[nH]c2ccc(-c3cccc(S(N)(=O)=O)c3)cc12. The number of H-pyrrole nitrogens is 2. The van der Waals surface area contributed by atoms with Crippen LogP contribution in [0.2, 0.25) is 0 Å². The molecule has 0 aliphatic heterocycles. The number of sulfonamides is 1. The van der Waals surface area contributed by atoms with Crippen LogP contribution in [0.15, 0.2) is 65.8 Å². The van der Waals surface area contributed by atoms with Crippen LogP contribution in [0, 0.1) is 0 Å². The van der Waals surface area contributed by atoms with Crippen molar-refractivity contribution >= 4 is 32.0 Å². The number of fused-ring (bicyclic) bond motifs is 2. The predicted octanol–water partition coefficient (Wildman–Crippen LogP) is 4.54. The van der Waals surface area contributed by atoms with Gasteiger partial charge in [0, 0.05) is 28.0 Å². The molecule has 3 aromatic heterocycles. The molecule has 5 aromatic rings. The summed E-state index contributed by atoms with van der Waals surface area (Å²) in [4.78, 5) is 8.02. The van der Waals surface area contributed by atoms with Gasteiger partial charge in [-0.15, -0.1) is 0 Å². The molecule has 0 unspecified atom stereocenters. The van der Waals surface area contributed by atoms with Crippen LogP contribution in [-0.2, 0) is 10.0 Å². The smallest absolute Gasteiger partial charge is 0.238 e. The molecule has 0 fully saturated rings. The van der Waals surface area contributed by atoms with E-state index in [0.717, 1.165) is 44.3 Å². The lowest BCUT2D eigenvalue weighted by Gasteiger charge is -2.10. The molecule has 2 aromatic carbocycles. The maximum atomic E-state index is 11.8. The van der Waals surface area contributed by atoms with Gasteiger partial charge in [-0.25, -0.2) is 18.5 Å². The van der Waals surface area contributed by atoms with Crippen molar-refractivity contribution in [1.29, 1.82) is 0 Å². The number of hydrogen-bond acceptors (Lipinski definition) is 4. The molecular weight excluding hydrogens is 410 g/mol. The summed E-state index contributed by atoms with van der Waals surface area (Å²) in [6.07, 6.45) is 3.56. The van der Waals surface area contributed by atoms with Crippen LogP contribution in [0.25, 0.3) is 44.3 Å². The number of pyridine rings is 1. The fourth-order valence-corrected chi connectivity index (χ4v) is 4.69. The van der Waals surface area contributed by atoms with Gasteiger partial charge in [0.05, 0.1) is 16.8 Å². The van der Waals surface area contributed by atoms with Crippen LogP contribution >= 0.6 is 0 Å². The van der Waals surface area contributed by atoms with Gasteiger partial charge in [-0.2, -0.15) is 5.10 Å². The van der Waals surface area contributed by atoms with E-state index in [1.54, 1.807) is 24.5 Å². The molecule has 0 radical (unpaired) electrons. The highest BCUT2D eigenvalue weighted by molar-refractivity contribution is 7.89. The zero-order valence-corrected chi connectivity index (χ0v) is 17.9. The summed E-state index contributed by atoms with van der Waals surface area (Å²) in [6.45, 7) is 4.32. The van der Waals surface area contributed by atoms with Crippen molar-refractivity contribution in [2.24, 2.45) is 5.14 Å². The summed E-state index contributed by atoms with van der Waals surface area (Å²) >= 11 is 0. The van der Waals surface area contributed by atoms with Gasteiger partial charge in [-0.1, -0.05) is 32.0 Å². The normalized spacial score (nSPS) is 12.3. The fraction of sp³-hybridized carbons (Fsp3) is 0.130. The van der Waals surface area contributed by atoms with Gasteiger partial charge < -0.3 is 4.98 Å². The third kappa shape index (κ3) is 3.30. The Morgan fingerprint density at radius 3 is 2.58 bits per heavy atom. The Morgan fingerprint density at radius 2 is 1.81 bits per heavy atom. The molecule has 3 heterocycles. The van der Waals surface area contributed by atoms with Crippen LogP contribution in [0.1, 0.15) is 25.3 Å². The van der Waals surface area contributed by atoms with Crippen molar-refractivity contribution in [1.82, 2.24) is 20.2 Å². The summed E-state index contributed by atoms with van der Waals surface area (Å²) in [5, 5.41) is 14.4. The molecular formula is C23H21N5O2S. The highest BCUT2D eigenvalue weighted by atomic mass is 32.2. The van der Waals surface area contributed by atoms with E-state index >= 15 is 0 Å². The van der Waals surface area contributed by atoms with Gasteiger partial charge >= 0.3 is 0 Å². The minimum absolute atomic E-state index is 0.100.